The summed E-state index contributed by atoms with van der Waals surface area (Å²) in [7, 11) is -2.25. The van der Waals surface area contributed by atoms with Gasteiger partial charge in [0.15, 0.2) is 0 Å². The first-order valence-corrected chi connectivity index (χ1v) is 11.0. The highest BCUT2D eigenvalue weighted by atomic mass is 32.2. The third-order valence-corrected chi connectivity index (χ3v) is 6.50. The minimum atomic E-state index is -3.83. The van der Waals surface area contributed by atoms with Crippen LogP contribution >= 0.6 is 0 Å². The minimum absolute atomic E-state index is 0.0728. The van der Waals surface area contributed by atoms with Gasteiger partial charge >= 0.3 is 0 Å². The number of rotatable bonds is 8. The molecular formula is C21H24N4O5S. The van der Waals surface area contributed by atoms with Gasteiger partial charge in [-0.15, -0.1) is 0 Å². The fourth-order valence-corrected chi connectivity index (χ4v) is 4.49. The lowest BCUT2D eigenvalue weighted by molar-refractivity contribution is -0.114. The summed E-state index contributed by atoms with van der Waals surface area (Å²) in [6.45, 7) is 4.85. The van der Waals surface area contributed by atoms with Crippen LogP contribution in [0.4, 0.5) is 5.69 Å². The molecule has 0 saturated carbocycles. The van der Waals surface area contributed by atoms with E-state index < -0.39 is 10.0 Å². The summed E-state index contributed by atoms with van der Waals surface area (Å²) in [5, 5.41) is 6.57. The van der Waals surface area contributed by atoms with E-state index in [9.17, 15) is 13.2 Å². The lowest BCUT2D eigenvalue weighted by Gasteiger charge is -2.24. The number of carbonyl (C=O) groups excluding carboxylic acids is 1. The zero-order valence-electron chi connectivity index (χ0n) is 17.7. The number of sulfonamides is 1. The van der Waals surface area contributed by atoms with Crippen LogP contribution in [0.5, 0.6) is 5.75 Å². The van der Waals surface area contributed by atoms with Crippen molar-refractivity contribution in [2.75, 3.05) is 12.4 Å². The van der Waals surface area contributed by atoms with Gasteiger partial charge in [-0.1, -0.05) is 5.16 Å². The molecule has 0 aliphatic rings. The van der Waals surface area contributed by atoms with Gasteiger partial charge in [0.1, 0.15) is 5.75 Å². The van der Waals surface area contributed by atoms with Gasteiger partial charge in [-0.05, 0) is 62.4 Å². The van der Waals surface area contributed by atoms with Gasteiger partial charge in [0, 0.05) is 24.2 Å². The Morgan fingerprint density at radius 1 is 1.13 bits per heavy atom. The van der Waals surface area contributed by atoms with E-state index in [1.807, 2.05) is 0 Å². The van der Waals surface area contributed by atoms with Crippen molar-refractivity contribution in [2.24, 2.45) is 0 Å². The van der Waals surface area contributed by atoms with E-state index in [1.54, 1.807) is 57.4 Å². The number of aromatic nitrogens is 2. The van der Waals surface area contributed by atoms with Crippen molar-refractivity contribution in [1.82, 2.24) is 14.4 Å². The predicted octanol–water partition coefficient (Wildman–Crippen LogP) is 3.30. The Kier molecular flexibility index (Phi) is 6.71. The Bertz CT molecular complexity index is 1140. The van der Waals surface area contributed by atoms with Gasteiger partial charge in [-0.3, -0.25) is 4.79 Å². The molecule has 1 N–H and O–H groups in total. The predicted molar refractivity (Wildman–Crippen MR) is 115 cm³/mol. The number of carbonyl (C=O) groups is 1. The van der Waals surface area contributed by atoms with Crippen molar-refractivity contribution in [1.29, 1.82) is 0 Å². The number of benzene rings is 2. The van der Waals surface area contributed by atoms with Crippen molar-refractivity contribution in [3.63, 3.8) is 0 Å². The topological polar surface area (TPSA) is 115 Å². The summed E-state index contributed by atoms with van der Waals surface area (Å²) in [5.74, 6) is 1.01. The van der Waals surface area contributed by atoms with Gasteiger partial charge in [0.2, 0.25) is 27.6 Å². The lowest BCUT2D eigenvalue weighted by Crippen LogP contribution is -2.36. The van der Waals surface area contributed by atoms with Crippen molar-refractivity contribution in [2.45, 2.75) is 38.3 Å². The first-order chi connectivity index (χ1) is 14.7. The molecule has 2 aromatic carbocycles. The van der Waals surface area contributed by atoms with Crippen LogP contribution in [-0.2, 0) is 21.4 Å². The molecule has 164 valence electrons. The molecule has 0 radical (unpaired) electrons. The van der Waals surface area contributed by atoms with Crippen molar-refractivity contribution < 1.29 is 22.5 Å². The number of ether oxygens (including phenoxy) is 1. The van der Waals surface area contributed by atoms with Crippen LogP contribution in [0.3, 0.4) is 0 Å². The average Bonchev–Trinajstić information content (AvgIpc) is 3.20. The monoisotopic (exact) mass is 444 g/mol. The molecule has 0 unspecified atom stereocenters. The van der Waals surface area contributed by atoms with E-state index in [-0.39, 0.29) is 29.3 Å². The van der Waals surface area contributed by atoms with Crippen LogP contribution in [0.15, 0.2) is 57.9 Å². The van der Waals surface area contributed by atoms with Crippen LogP contribution in [0.2, 0.25) is 0 Å². The zero-order valence-corrected chi connectivity index (χ0v) is 18.5. The molecule has 0 atom stereocenters. The van der Waals surface area contributed by atoms with E-state index in [0.717, 1.165) is 5.56 Å². The van der Waals surface area contributed by atoms with Crippen LogP contribution in [-0.4, -0.2) is 41.9 Å². The van der Waals surface area contributed by atoms with Crippen molar-refractivity contribution in [3.05, 3.63) is 54.4 Å². The molecule has 0 aliphatic carbocycles. The summed E-state index contributed by atoms with van der Waals surface area (Å²) in [6.07, 6.45) is 0. The Morgan fingerprint density at radius 2 is 1.77 bits per heavy atom. The number of nitrogens with zero attached hydrogens (tertiary/aromatic N) is 3. The molecular weight excluding hydrogens is 420 g/mol. The third kappa shape index (κ3) is 5.28. The molecule has 0 aliphatic heterocycles. The lowest BCUT2D eigenvalue weighted by atomic mass is 10.2. The molecule has 0 bridgehead atoms. The van der Waals surface area contributed by atoms with Crippen LogP contribution in [0.25, 0.3) is 11.4 Å². The summed E-state index contributed by atoms with van der Waals surface area (Å²) < 4.78 is 38.1. The van der Waals surface area contributed by atoms with Crippen molar-refractivity contribution >= 4 is 21.6 Å². The van der Waals surface area contributed by atoms with E-state index in [1.165, 1.54) is 23.4 Å². The molecule has 1 heterocycles. The standard InChI is InChI=1S/C21H24N4O5S/c1-14(2)25(31(27,28)19-11-7-17(8-12-19)22-15(3)26)13-20-23-21(24-30-20)16-5-9-18(29-4)10-6-16/h5-12,14H,13H2,1-4H3,(H,22,26). The fourth-order valence-electron chi connectivity index (χ4n) is 2.90. The minimum Gasteiger partial charge on any atom is -0.497 e. The van der Waals surface area contributed by atoms with E-state index in [2.05, 4.69) is 15.5 Å². The first kappa shape index (κ1) is 22.4. The number of amides is 1. The number of methoxy groups -OCH3 is 1. The quantitative estimate of drug-likeness (QED) is 0.567. The average molecular weight is 445 g/mol. The largest absolute Gasteiger partial charge is 0.497 e. The van der Waals surface area contributed by atoms with Gasteiger partial charge in [-0.2, -0.15) is 9.29 Å². The molecule has 3 rings (SSSR count). The normalized spacial score (nSPS) is 11.7. The van der Waals surface area contributed by atoms with Crippen molar-refractivity contribution in [3.8, 4) is 17.1 Å². The highest BCUT2D eigenvalue weighted by Gasteiger charge is 2.29. The molecule has 0 fully saturated rings. The molecule has 31 heavy (non-hydrogen) atoms. The van der Waals surface area contributed by atoms with Crippen LogP contribution in [0.1, 0.15) is 26.7 Å². The second kappa shape index (κ2) is 9.27. The zero-order chi connectivity index (χ0) is 22.6. The van der Waals surface area contributed by atoms with Crippen LogP contribution in [0, 0.1) is 0 Å². The van der Waals surface area contributed by atoms with E-state index in [0.29, 0.717) is 17.3 Å². The highest BCUT2D eigenvalue weighted by Crippen LogP contribution is 2.24. The fraction of sp³-hybridized carbons (Fsp3) is 0.286. The number of hydrogen-bond acceptors (Lipinski definition) is 7. The van der Waals surface area contributed by atoms with Gasteiger partial charge in [0.25, 0.3) is 0 Å². The Morgan fingerprint density at radius 3 is 2.32 bits per heavy atom. The molecule has 0 spiro atoms. The van der Waals surface area contributed by atoms with Gasteiger partial charge in [0.05, 0.1) is 18.6 Å². The third-order valence-electron chi connectivity index (χ3n) is 4.46. The van der Waals surface area contributed by atoms with Crippen LogP contribution < -0.4 is 10.1 Å². The van der Waals surface area contributed by atoms with E-state index >= 15 is 0 Å². The van der Waals surface area contributed by atoms with E-state index in [4.69, 9.17) is 9.26 Å². The Balaban J connectivity index is 1.82. The number of nitrogens with one attached hydrogen (secondary N) is 1. The first-order valence-electron chi connectivity index (χ1n) is 9.57. The summed E-state index contributed by atoms with van der Waals surface area (Å²) in [4.78, 5) is 15.6. The summed E-state index contributed by atoms with van der Waals surface area (Å²) in [5.41, 5.74) is 1.24. The maximum Gasteiger partial charge on any atom is 0.243 e. The molecule has 0 saturated heterocycles. The van der Waals surface area contributed by atoms with Gasteiger partial charge < -0.3 is 14.6 Å². The van der Waals surface area contributed by atoms with Gasteiger partial charge in [-0.25, -0.2) is 8.42 Å². The highest BCUT2D eigenvalue weighted by molar-refractivity contribution is 7.89. The molecule has 1 amide bonds. The molecule has 3 aromatic rings. The molecule has 10 heteroatoms. The molecule has 9 nitrogen and oxygen atoms in total. The second-order valence-corrected chi connectivity index (χ2v) is 8.98. The summed E-state index contributed by atoms with van der Waals surface area (Å²) >= 11 is 0. The number of hydrogen-bond donors (Lipinski definition) is 1. The number of anilines is 1. The summed E-state index contributed by atoms with van der Waals surface area (Å²) in [6, 6.07) is 12.8. The second-order valence-electron chi connectivity index (χ2n) is 7.09. The Hall–Kier alpha value is -3.24. The molecule has 1 aromatic heterocycles. The Labute approximate surface area is 181 Å². The SMILES string of the molecule is COc1ccc(-c2noc(CN(C(C)C)S(=O)(=O)c3ccc(NC(C)=O)cc3)n2)cc1. The smallest absolute Gasteiger partial charge is 0.243 e. The maximum atomic E-state index is 13.2. The maximum absolute atomic E-state index is 13.2.